The summed E-state index contributed by atoms with van der Waals surface area (Å²) in [5.74, 6) is -0.367. The minimum Gasteiger partial charge on any atom is -0.462 e. The SMILES string of the molecule is O=c1[nH]c2cc(O[C@@H]3O[C@H](CO)[C@@H](O)[C@H](O)[C@H]3O)ccc2o1. The van der Waals surface area contributed by atoms with Gasteiger partial charge < -0.3 is 34.3 Å². The fraction of sp³-hybridized carbons (Fsp3) is 0.462. The van der Waals surface area contributed by atoms with Crippen LogP contribution < -0.4 is 10.5 Å². The van der Waals surface area contributed by atoms with Crippen LogP contribution in [-0.4, -0.2) is 62.7 Å². The molecular weight excluding hydrogens is 298 g/mol. The predicted molar refractivity (Wildman–Crippen MR) is 71.2 cm³/mol. The minimum atomic E-state index is -1.52. The molecule has 0 bridgehead atoms. The van der Waals surface area contributed by atoms with E-state index in [9.17, 15) is 20.1 Å². The number of hydrogen-bond acceptors (Lipinski definition) is 8. The summed E-state index contributed by atoms with van der Waals surface area (Å²) in [6.45, 7) is -0.543. The average molecular weight is 313 g/mol. The van der Waals surface area contributed by atoms with Crippen LogP contribution in [0.1, 0.15) is 0 Å². The molecular formula is C13H15NO8. The Morgan fingerprint density at radius 1 is 1.18 bits per heavy atom. The Hall–Kier alpha value is -1.91. The third-order valence-electron chi connectivity index (χ3n) is 3.49. The van der Waals surface area contributed by atoms with Crippen molar-refractivity contribution >= 4 is 11.1 Å². The highest BCUT2D eigenvalue weighted by Crippen LogP contribution is 2.25. The molecule has 0 radical (unpaired) electrons. The number of ether oxygens (including phenoxy) is 2. The van der Waals surface area contributed by atoms with Crippen molar-refractivity contribution in [2.75, 3.05) is 6.61 Å². The molecule has 2 aromatic rings. The summed E-state index contributed by atoms with van der Waals surface area (Å²) >= 11 is 0. The first-order valence-electron chi connectivity index (χ1n) is 6.59. The van der Waals surface area contributed by atoms with Crippen LogP contribution >= 0.6 is 0 Å². The number of aromatic nitrogens is 1. The van der Waals surface area contributed by atoms with Gasteiger partial charge in [-0.2, -0.15) is 0 Å². The highest BCUT2D eigenvalue weighted by atomic mass is 16.7. The fourth-order valence-electron chi connectivity index (χ4n) is 2.30. The van der Waals surface area contributed by atoms with E-state index in [1.54, 1.807) is 0 Å². The number of aromatic amines is 1. The summed E-state index contributed by atoms with van der Waals surface area (Å²) < 4.78 is 15.5. The number of fused-ring (bicyclic) bond motifs is 1. The molecule has 0 saturated carbocycles. The van der Waals surface area contributed by atoms with Gasteiger partial charge in [-0.05, 0) is 12.1 Å². The van der Waals surface area contributed by atoms with Crippen LogP contribution in [0.2, 0.25) is 0 Å². The zero-order valence-corrected chi connectivity index (χ0v) is 11.2. The molecule has 1 fully saturated rings. The monoisotopic (exact) mass is 313 g/mol. The van der Waals surface area contributed by atoms with Crippen molar-refractivity contribution in [3.05, 3.63) is 28.7 Å². The molecule has 1 saturated heterocycles. The first-order chi connectivity index (χ1) is 10.5. The molecule has 2 heterocycles. The second-order valence-corrected chi connectivity index (χ2v) is 4.99. The maximum atomic E-state index is 11.1. The van der Waals surface area contributed by atoms with Crippen LogP contribution in [0.5, 0.6) is 5.75 Å². The van der Waals surface area contributed by atoms with E-state index in [4.69, 9.17) is 19.0 Å². The van der Waals surface area contributed by atoms with E-state index in [1.165, 1.54) is 18.2 Å². The van der Waals surface area contributed by atoms with Gasteiger partial charge >= 0.3 is 5.76 Å². The van der Waals surface area contributed by atoms with Gasteiger partial charge in [0.25, 0.3) is 0 Å². The van der Waals surface area contributed by atoms with Crippen LogP contribution in [0.4, 0.5) is 0 Å². The molecule has 0 spiro atoms. The van der Waals surface area contributed by atoms with E-state index in [2.05, 4.69) is 4.98 Å². The predicted octanol–water partition coefficient (Wildman–Crippen LogP) is -1.70. The van der Waals surface area contributed by atoms with Gasteiger partial charge in [-0.15, -0.1) is 0 Å². The van der Waals surface area contributed by atoms with Crippen LogP contribution in [-0.2, 0) is 4.74 Å². The Kier molecular flexibility index (Phi) is 3.89. The molecule has 1 aromatic heterocycles. The summed E-state index contributed by atoms with van der Waals surface area (Å²) in [5.41, 5.74) is 0.734. The maximum Gasteiger partial charge on any atom is 0.417 e. The van der Waals surface area contributed by atoms with E-state index in [1.807, 2.05) is 0 Å². The van der Waals surface area contributed by atoms with Crippen LogP contribution in [0.3, 0.4) is 0 Å². The number of hydrogen-bond donors (Lipinski definition) is 5. The molecule has 5 N–H and O–H groups in total. The Morgan fingerprint density at radius 3 is 2.68 bits per heavy atom. The number of nitrogens with one attached hydrogen (secondary N) is 1. The van der Waals surface area contributed by atoms with Crippen molar-refractivity contribution in [1.82, 2.24) is 4.98 Å². The molecule has 1 aliphatic rings. The van der Waals surface area contributed by atoms with Gasteiger partial charge in [-0.3, -0.25) is 4.98 Å². The summed E-state index contributed by atoms with van der Waals surface area (Å²) in [7, 11) is 0. The van der Waals surface area contributed by atoms with Crippen molar-refractivity contribution in [3.63, 3.8) is 0 Å². The van der Waals surface area contributed by atoms with Crippen LogP contribution in [0.25, 0.3) is 11.1 Å². The number of benzene rings is 1. The molecule has 120 valence electrons. The van der Waals surface area contributed by atoms with Crippen LogP contribution in [0, 0.1) is 0 Å². The van der Waals surface area contributed by atoms with E-state index in [0.717, 1.165) is 0 Å². The molecule has 1 aromatic carbocycles. The third-order valence-corrected chi connectivity index (χ3v) is 3.49. The molecule has 22 heavy (non-hydrogen) atoms. The van der Waals surface area contributed by atoms with Gasteiger partial charge in [0.2, 0.25) is 6.29 Å². The van der Waals surface area contributed by atoms with E-state index in [0.29, 0.717) is 11.1 Å². The molecule has 0 amide bonds. The van der Waals surface area contributed by atoms with Gasteiger partial charge in [-0.1, -0.05) is 0 Å². The van der Waals surface area contributed by atoms with E-state index >= 15 is 0 Å². The lowest BCUT2D eigenvalue weighted by atomic mass is 9.99. The highest BCUT2D eigenvalue weighted by molar-refractivity contribution is 5.73. The number of aliphatic hydroxyl groups is 4. The van der Waals surface area contributed by atoms with Gasteiger partial charge in [0, 0.05) is 6.07 Å². The summed E-state index contributed by atoms with van der Waals surface area (Å²) in [5, 5.41) is 38.4. The van der Waals surface area contributed by atoms with Gasteiger partial charge in [-0.25, -0.2) is 4.79 Å². The smallest absolute Gasteiger partial charge is 0.417 e. The average Bonchev–Trinajstić information content (AvgIpc) is 2.87. The summed E-state index contributed by atoms with van der Waals surface area (Å²) in [4.78, 5) is 13.5. The Labute approximate surface area is 123 Å². The topological polar surface area (TPSA) is 145 Å². The quantitative estimate of drug-likeness (QED) is 0.451. The Bertz CT molecular complexity index is 707. The standard InChI is InChI=1S/C13H15NO8/c15-4-8-9(16)10(17)11(18)12(21-8)20-5-1-2-7-6(3-5)14-13(19)22-7/h1-3,8-12,15-18H,4H2,(H,14,19)/t8-,9-,10+,11-,12-/m1/s1. The molecule has 3 rings (SSSR count). The zero-order valence-electron chi connectivity index (χ0n) is 11.2. The van der Waals surface area contributed by atoms with Crippen molar-refractivity contribution in [2.24, 2.45) is 0 Å². The fourth-order valence-corrected chi connectivity index (χ4v) is 2.30. The number of aliphatic hydroxyl groups excluding tert-OH is 4. The normalized spacial score (nSPS) is 32.3. The lowest BCUT2D eigenvalue weighted by Crippen LogP contribution is -2.60. The summed E-state index contributed by atoms with van der Waals surface area (Å²) in [6.07, 6.45) is -6.81. The van der Waals surface area contributed by atoms with Crippen molar-refractivity contribution in [1.29, 1.82) is 0 Å². The van der Waals surface area contributed by atoms with E-state index < -0.39 is 43.1 Å². The number of H-pyrrole nitrogens is 1. The number of rotatable bonds is 3. The Balaban J connectivity index is 1.81. The second-order valence-electron chi connectivity index (χ2n) is 4.99. The lowest BCUT2D eigenvalue weighted by molar-refractivity contribution is -0.277. The molecule has 9 heteroatoms. The Morgan fingerprint density at radius 2 is 1.95 bits per heavy atom. The van der Waals surface area contributed by atoms with Gasteiger partial charge in [0.05, 0.1) is 12.1 Å². The second kappa shape index (κ2) is 5.71. The van der Waals surface area contributed by atoms with E-state index in [-0.39, 0.29) is 5.75 Å². The molecule has 0 aliphatic carbocycles. The third kappa shape index (κ3) is 2.60. The first kappa shape index (κ1) is 15.0. The molecule has 0 unspecified atom stereocenters. The largest absolute Gasteiger partial charge is 0.462 e. The maximum absolute atomic E-state index is 11.1. The van der Waals surface area contributed by atoms with Crippen molar-refractivity contribution in [3.8, 4) is 5.75 Å². The van der Waals surface area contributed by atoms with Crippen molar-refractivity contribution < 1.29 is 34.3 Å². The molecule has 5 atom stereocenters. The lowest BCUT2D eigenvalue weighted by Gasteiger charge is -2.39. The first-order valence-corrected chi connectivity index (χ1v) is 6.59. The molecule has 1 aliphatic heterocycles. The minimum absolute atomic E-state index is 0.244. The van der Waals surface area contributed by atoms with Crippen LogP contribution in [0.15, 0.2) is 27.4 Å². The summed E-state index contributed by atoms with van der Waals surface area (Å²) in [6, 6.07) is 4.44. The zero-order chi connectivity index (χ0) is 15.9. The molecule has 9 nitrogen and oxygen atoms in total. The van der Waals surface area contributed by atoms with Crippen molar-refractivity contribution in [2.45, 2.75) is 30.7 Å². The highest BCUT2D eigenvalue weighted by Gasteiger charge is 2.44. The van der Waals surface area contributed by atoms with Gasteiger partial charge in [0.15, 0.2) is 5.58 Å². The van der Waals surface area contributed by atoms with Gasteiger partial charge in [0.1, 0.15) is 30.2 Å². The number of oxazole rings is 1.